The topological polar surface area (TPSA) is 67.4 Å². The van der Waals surface area contributed by atoms with Gasteiger partial charge in [-0.05, 0) is 60.4 Å². The SMILES string of the molecule is CC[C@@H](C)c1ccccc1NC(=O)COc1ccc(NC(=O)c2ccccc2)cc1. The first-order chi connectivity index (χ1) is 14.6. The molecule has 0 aliphatic rings. The summed E-state index contributed by atoms with van der Waals surface area (Å²) in [4.78, 5) is 24.5. The second-order valence-corrected chi connectivity index (χ2v) is 7.08. The van der Waals surface area contributed by atoms with E-state index in [4.69, 9.17) is 4.74 Å². The molecule has 3 aromatic carbocycles. The van der Waals surface area contributed by atoms with E-state index < -0.39 is 0 Å². The second kappa shape index (κ2) is 10.3. The van der Waals surface area contributed by atoms with E-state index in [0.717, 1.165) is 17.7 Å². The van der Waals surface area contributed by atoms with E-state index in [9.17, 15) is 9.59 Å². The summed E-state index contributed by atoms with van der Waals surface area (Å²) in [6, 6.07) is 23.8. The summed E-state index contributed by atoms with van der Waals surface area (Å²) in [5.74, 6) is 0.523. The number of anilines is 2. The Kier molecular flexibility index (Phi) is 7.22. The molecular formula is C25H26N2O3. The van der Waals surface area contributed by atoms with Crippen LogP contribution in [0.2, 0.25) is 0 Å². The Labute approximate surface area is 177 Å². The van der Waals surface area contributed by atoms with Gasteiger partial charge in [-0.2, -0.15) is 0 Å². The molecular weight excluding hydrogens is 376 g/mol. The third kappa shape index (κ3) is 5.70. The highest BCUT2D eigenvalue weighted by Crippen LogP contribution is 2.26. The lowest BCUT2D eigenvalue weighted by atomic mass is 9.97. The molecule has 2 amide bonds. The lowest BCUT2D eigenvalue weighted by molar-refractivity contribution is -0.118. The molecule has 5 heteroatoms. The Morgan fingerprint density at radius 3 is 2.23 bits per heavy atom. The fourth-order valence-corrected chi connectivity index (χ4v) is 3.02. The smallest absolute Gasteiger partial charge is 0.262 e. The molecule has 154 valence electrons. The summed E-state index contributed by atoms with van der Waals surface area (Å²) in [5.41, 5.74) is 3.18. The molecule has 0 heterocycles. The third-order valence-electron chi connectivity index (χ3n) is 4.90. The molecule has 0 radical (unpaired) electrons. The number of hydrogen-bond acceptors (Lipinski definition) is 3. The quantitative estimate of drug-likeness (QED) is 0.525. The number of benzene rings is 3. The molecule has 0 aliphatic heterocycles. The predicted octanol–water partition coefficient (Wildman–Crippen LogP) is 5.47. The molecule has 0 saturated heterocycles. The average molecular weight is 402 g/mol. The van der Waals surface area contributed by atoms with Crippen molar-refractivity contribution in [1.82, 2.24) is 0 Å². The van der Waals surface area contributed by atoms with Crippen LogP contribution < -0.4 is 15.4 Å². The Bertz CT molecular complexity index is 985. The van der Waals surface area contributed by atoms with Gasteiger partial charge < -0.3 is 15.4 Å². The van der Waals surface area contributed by atoms with Crippen molar-refractivity contribution >= 4 is 23.2 Å². The third-order valence-corrected chi connectivity index (χ3v) is 4.90. The normalized spacial score (nSPS) is 11.4. The van der Waals surface area contributed by atoms with E-state index >= 15 is 0 Å². The van der Waals surface area contributed by atoms with Crippen molar-refractivity contribution < 1.29 is 14.3 Å². The minimum Gasteiger partial charge on any atom is -0.484 e. The second-order valence-electron chi connectivity index (χ2n) is 7.08. The summed E-state index contributed by atoms with van der Waals surface area (Å²) in [6.07, 6.45) is 0.997. The van der Waals surface area contributed by atoms with Crippen molar-refractivity contribution in [1.29, 1.82) is 0 Å². The highest BCUT2D eigenvalue weighted by atomic mass is 16.5. The maximum Gasteiger partial charge on any atom is 0.262 e. The van der Waals surface area contributed by atoms with Crippen LogP contribution in [0.1, 0.15) is 42.1 Å². The molecule has 0 fully saturated rings. The Hall–Kier alpha value is -3.60. The summed E-state index contributed by atoms with van der Waals surface area (Å²) >= 11 is 0. The van der Waals surface area contributed by atoms with Crippen molar-refractivity contribution in [3.05, 3.63) is 90.0 Å². The van der Waals surface area contributed by atoms with Gasteiger partial charge in [0.1, 0.15) is 5.75 Å². The highest BCUT2D eigenvalue weighted by Gasteiger charge is 2.11. The number of para-hydroxylation sites is 1. The molecule has 0 bridgehead atoms. The van der Waals surface area contributed by atoms with E-state index in [-0.39, 0.29) is 18.4 Å². The fraction of sp³-hybridized carbons (Fsp3) is 0.200. The number of hydrogen-bond donors (Lipinski definition) is 2. The van der Waals surface area contributed by atoms with Gasteiger partial charge in [-0.1, -0.05) is 50.2 Å². The maximum absolute atomic E-state index is 12.3. The monoisotopic (exact) mass is 402 g/mol. The van der Waals surface area contributed by atoms with Gasteiger partial charge in [0.15, 0.2) is 6.61 Å². The van der Waals surface area contributed by atoms with Crippen LogP contribution in [0, 0.1) is 0 Å². The van der Waals surface area contributed by atoms with Crippen LogP contribution >= 0.6 is 0 Å². The number of ether oxygens (including phenoxy) is 1. The molecule has 0 saturated carbocycles. The van der Waals surface area contributed by atoms with Gasteiger partial charge in [-0.15, -0.1) is 0 Å². The molecule has 5 nitrogen and oxygen atoms in total. The molecule has 2 N–H and O–H groups in total. The lowest BCUT2D eigenvalue weighted by Gasteiger charge is -2.15. The number of rotatable bonds is 8. The molecule has 0 aromatic heterocycles. The zero-order chi connectivity index (χ0) is 21.3. The molecule has 0 unspecified atom stereocenters. The number of amides is 2. The van der Waals surface area contributed by atoms with Crippen molar-refractivity contribution in [3.63, 3.8) is 0 Å². The van der Waals surface area contributed by atoms with Crippen molar-refractivity contribution in [2.45, 2.75) is 26.2 Å². The molecule has 3 rings (SSSR count). The highest BCUT2D eigenvalue weighted by molar-refractivity contribution is 6.04. The largest absolute Gasteiger partial charge is 0.484 e. The maximum atomic E-state index is 12.3. The summed E-state index contributed by atoms with van der Waals surface area (Å²) in [7, 11) is 0. The van der Waals surface area contributed by atoms with Gasteiger partial charge in [0.25, 0.3) is 11.8 Å². The van der Waals surface area contributed by atoms with Crippen molar-refractivity contribution in [3.8, 4) is 5.75 Å². The van der Waals surface area contributed by atoms with E-state index in [1.54, 1.807) is 36.4 Å². The van der Waals surface area contributed by atoms with Gasteiger partial charge in [-0.3, -0.25) is 9.59 Å². The Morgan fingerprint density at radius 1 is 0.867 bits per heavy atom. The van der Waals surface area contributed by atoms with Crippen molar-refractivity contribution in [2.75, 3.05) is 17.2 Å². The van der Waals surface area contributed by atoms with E-state index in [1.807, 2.05) is 42.5 Å². The first kappa shape index (κ1) is 21.1. The molecule has 1 atom stereocenters. The van der Waals surface area contributed by atoms with Crippen LogP contribution in [0.3, 0.4) is 0 Å². The van der Waals surface area contributed by atoms with Gasteiger partial charge >= 0.3 is 0 Å². The average Bonchev–Trinajstić information content (AvgIpc) is 2.79. The number of carbonyl (C=O) groups excluding carboxylic acids is 2. The van der Waals surface area contributed by atoms with Gasteiger partial charge in [-0.25, -0.2) is 0 Å². The number of nitrogens with one attached hydrogen (secondary N) is 2. The van der Waals surface area contributed by atoms with E-state index in [1.165, 1.54) is 0 Å². The van der Waals surface area contributed by atoms with Crippen LogP contribution in [-0.2, 0) is 4.79 Å². The van der Waals surface area contributed by atoms with Gasteiger partial charge in [0, 0.05) is 16.9 Å². The van der Waals surface area contributed by atoms with Crippen LogP contribution in [0.25, 0.3) is 0 Å². The lowest BCUT2D eigenvalue weighted by Crippen LogP contribution is -2.21. The first-order valence-corrected chi connectivity index (χ1v) is 10.0. The van der Waals surface area contributed by atoms with Crippen LogP contribution in [-0.4, -0.2) is 18.4 Å². The van der Waals surface area contributed by atoms with Crippen molar-refractivity contribution in [2.24, 2.45) is 0 Å². The molecule has 3 aromatic rings. The summed E-state index contributed by atoms with van der Waals surface area (Å²) in [6.45, 7) is 4.17. The minimum absolute atomic E-state index is 0.0927. The molecule has 0 spiro atoms. The predicted molar refractivity (Wildman–Crippen MR) is 120 cm³/mol. The van der Waals surface area contributed by atoms with Crippen LogP contribution in [0.5, 0.6) is 5.75 Å². The molecule has 0 aliphatic carbocycles. The summed E-state index contributed by atoms with van der Waals surface area (Å²) < 4.78 is 5.59. The van der Waals surface area contributed by atoms with Crippen LogP contribution in [0.15, 0.2) is 78.9 Å². The van der Waals surface area contributed by atoms with Gasteiger partial charge in [0.2, 0.25) is 0 Å². The summed E-state index contributed by atoms with van der Waals surface area (Å²) in [5, 5.41) is 5.76. The Morgan fingerprint density at radius 2 is 1.53 bits per heavy atom. The van der Waals surface area contributed by atoms with Gasteiger partial charge in [0.05, 0.1) is 0 Å². The van der Waals surface area contributed by atoms with E-state index in [2.05, 4.69) is 24.5 Å². The Balaban J connectivity index is 1.53. The zero-order valence-electron chi connectivity index (χ0n) is 17.2. The minimum atomic E-state index is -0.216. The zero-order valence-corrected chi connectivity index (χ0v) is 17.2. The number of carbonyl (C=O) groups is 2. The standard InChI is InChI=1S/C25H26N2O3/c1-3-18(2)22-11-7-8-12-23(22)27-24(28)17-30-21-15-13-20(14-16-21)26-25(29)19-9-5-4-6-10-19/h4-16,18H,3,17H2,1-2H3,(H,26,29)(H,27,28)/t18-/m1/s1. The van der Waals surface area contributed by atoms with E-state index in [0.29, 0.717) is 22.9 Å². The fourth-order valence-electron chi connectivity index (χ4n) is 3.02. The van der Waals surface area contributed by atoms with Crippen LogP contribution in [0.4, 0.5) is 11.4 Å². The molecule has 30 heavy (non-hydrogen) atoms. The first-order valence-electron chi connectivity index (χ1n) is 10.0.